The Balaban J connectivity index is 1.81. The maximum absolute atomic E-state index is 13.1. The van der Waals surface area contributed by atoms with Gasteiger partial charge in [-0.05, 0) is 47.5 Å². The van der Waals surface area contributed by atoms with Crippen LogP contribution in [0.2, 0.25) is 0 Å². The Hall–Kier alpha value is -3.13. The summed E-state index contributed by atoms with van der Waals surface area (Å²) in [4.78, 5) is 12.6. The van der Waals surface area contributed by atoms with Crippen LogP contribution in [0.4, 0.5) is 17.6 Å². The zero-order valence-corrected chi connectivity index (χ0v) is 15.4. The summed E-state index contributed by atoms with van der Waals surface area (Å²) in [7, 11) is 1.62. The average Bonchev–Trinajstić information content (AvgIpc) is 3.07. The van der Waals surface area contributed by atoms with Crippen molar-refractivity contribution in [1.82, 2.24) is 9.88 Å². The van der Waals surface area contributed by atoms with Crippen LogP contribution in [0.25, 0.3) is 11.3 Å². The first-order chi connectivity index (χ1) is 13.7. The minimum Gasteiger partial charge on any atom is -0.394 e. The maximum atomic E-state index is 13.1. The predicted molar refractivity (Wildman–Crippen MR) is 99.5 cm³/mol. The molecule has 4 nitrogen and oxygen atoms in total. The van der Waals surface area contributed by atoms with Crippen molar-refractivity contribution in [3.63, 3.8) is 0 Å². The van der Waals surface area contributed by atoms with E-state index >= 15 is 0 Å². The number of halogens is 4. The molecule has 29 heavy (non-hydrogen) atoms. The monoisotopic (exact) mass is 406 g/mol. The lowest BCUT2D eigenvalue weighted by molar-refractivity contribution is -0.137. The summed E-state index contributed by atoms with van der Waals surface area (Å²) >= 11 is 0. The summed E-state index contributed by atoms with van der Waals surface area (Å²) in [5, 5.41) is 12.3. The number of aromatic nitrogens is 1. The lowest BCUT2D eigenvalue weighted by Crippen LogP contribution is -2.32. The molecule has 0 aliphatic heterocycles. The fourth-order valence-electron chi connectivity index (χ4n) is 3.02. The van der Waals surface area contributed by atoms with Gasteiger partial charge in [0.25, 0.3) is 5.91 Å². The lowest BCUT2D eigenvalue weighted by atomic mass is 10.1. The molecule has 0 saturated heterocycles. The minimum absolute atomic E-state index is 0.264. The van der Waals surface area contributed by atoms with Gasteiger partial charge in [0.1, 0.15) is 11.5 Å². The van der Waals surface area contributed by atoms with Gasteiger partial charge in [0.2, 0.25) is 0 Å². The van der Waals surface area contributed by atoms with Crippen molar-refractivity contribution in [3.8, 4) is 11.3 Å². The molecule has 0 fully saturated rings. The predicted octanol–water partition coefficient (Wildman–Crippen LogP) is 4.31. The molecule has 1 unspecified atom stereocenters. The highest BCUT2D eigenvalue weighted by Crippen LogP contribution is 2.31. The normalized spacial score (nSPS) is 12.6. The van der Waals surface area contributed by atoms with Gasteiger partial charge in [-0.15, -0.1) is 0 Å². The summed E-state index contributed by atoms with van der Waals surface area (Å²) in [5.74, 6) is -0.908. The molecule has 1 aromatic heterocycles. The summed E-state index contributed by atoms with van der Waals surface area (Å²) in [5.41, 5.74) is 1.14. The van der Waals surface area contributed by atoms with Gasteiger partial charge in [0.05, 0.1) is 18.2 Å². The fourth-order valence-corrected chi connectivity index (χ4v) is 3.02. The van der Waals surface area contributed by atoms with Gasteiger partial charge in [-0.1, -0.05) is 24.3 Å². The van der Waals surface area contributed by atoms with Crippen LogP contribution in [0.5, 0.6) is 0 Å². The molecule has 0 aliphatic rings. The lowest BCUT2D eigenvalue weighted by Gasteiger charge is -2.17. The highest BCUT2D eigenvalue weighted by atomic mass is 19.4. The van der Waals surface area contributed by atoms with Gasteiger partial charge >= 0.3 is 6.18 Å². The van der Waals surface area contributed by atoms with Crippen LogP contribution in [0.1, 0.15) is 27.7 Å². The smallest absolute Gasteiger partial charge is 0.394 e. The molecule has 0 aliphatic carbocycles. The number of carbonyl (C=O) groups excluding carboxylic acids is 1. The third kappa shape index (κ3) is 4.48. The third-order valence-electron chi connectivity index (χ3n) is 4.62. The zero-order valence-electron chi connectivity index (χ0n) is 15.4. The first kappa shape index (κ1) is 20.6. The SMILES string of the molecule is Cn1c(C(=O)NC(CO)c2ccc(F)cc2)ccc1-c1ccc(C(F)(F)F)cc1. The van der Waals surface area contributed by atoms with Crippen molar-refractivity contribution >= 4 is 5.91 Å². The Morgan fingerprint density at radius 2 is 1.66 bits per heavy atom. The summed E-state index contributed by atoms with van der Waals surface area (Å²) in [6.07, 6.45) is -4.42. The molecule has 1 amide bonds. The molecule has 2 aromatic carbocycles. The number of rotatable bonds is 5. The molecule has 152 valence electrons. The number of hydrogen-bond donors (Lipinski definition) is 2. The molecule has 3 aromatic rings. The topological polar surface area (TPSA) is 54.3 Å². The van der Waals surface area contributed by atoms with Crippen LogP contribution in [-0.2, 0) is 13.2 Å². The van der Waals surface area contributed by atoms with E-state index < -0.39 is 29.5 Å². The largest absolute Gasteiger partial charge is 0.416 e. The van der Waals surface area contributed by atoms with E-state index in [1.54, 1.807) is 23.7 Å². The average molecular weight is 406 g/mol. The van der Waals surface area contributed by atoms with E-state index in [2.05, 4.69) is 5.32 Å². The van der Waals surface area contributed by atoms with Gasteiger partial charge in [-0.25, -0.2) is 4.39 Å². The first-order valence-electron chi connectivity index (χ1n) is 8.71. The first-order valence-corrected chi connectivity index (χ1v) is 8.71. The number of amides is 1. The quantitative estimate of drug-likeness (QED) is 0.621. The third-order valence-corrected chi connectivity index (χ3v) is 4.62. The van der Waals surface area contributed by atoms with E-state index in [1.807, 2.05) is 0 Å². The van der Waals surface area contributed by atoms with Crippen molar-refractivity contribution < 1.29 is 27.5 Å². The van der Waals surface area contributed by atoms with Crippen LogP contribution in [0, 0.1) is 5.82 Å². The second kappa shape index (κ2) is 8.08. The Kier molecular flexibility index (Phi) is 5.74. The summed E-state index contributed by atoms with van der Waals surface area (Å²) in [6, 6.07) is 12.5. The minimum atomic E-state index is -4.42. The van der Waals surface area contributed by atoms with Crippen molar-refractivity contribution in [2.45, 2.75) is 12.2 Å². The zero-order chi connectivity index (χ0) is 21.2. The standard InChI is InChI=1S/C21H18F4N2O2/c1-27-18(14-2-6-15(7-3-14)21(23,24)25)10-11-19(27)20(29)26-17(12-28)13-4-8-16(22)9-5-13/h2-11,17,28H,12H2,1H3,(H,26,29). The highest BCUT2D eigenvalue weighted by Gasteiger charge is 2.30. The van der Waals surface area contributed by atoms with Crippen LogP contribution in [0.15, 0.2) is 60.7 Å². The molecule has 2 N–H and O–H groups in total. The Morgan fingerprint density at radius 3 is 2.21 bits per heavy atom. The molecule has 0 saturated carbocycles. The van der Waals surface area contributed by atoms with Crippen molar-refractivity contribution in [3.05, 3.63) is 83.3 Å². The number of aliphatic hydroxyl groups is 1. The van der Waals surface area contributed by atoms with Crippen molar-refractivity contribution in [2.24, 2.45) is 7.05 Å². The van der Waals surface area contributed by atoms with Gasteiger partial charge in [0, 0.05) is 12.7 Å². The van der Waals surface area contributed by atoms with Crippen molar-refractivity contribution in [2.75, 3.05) is 6.61 Å². The Bertz CT molecular complexity index is 993. The maximum Gasteiger partial charge on any atom is 0.416 e. The number of alkyl halides is 3. The van der Waals surface area contributed by atoms with E-state index in [0.29, 0.717) is 16.8 Å². The van der Waals surface area contributed by atoms with Crippen LogP contribution in [0.3, 0.4) is 0 Å². The molecule has 3 rings (SSSR count). The van der Waals surface area contributed by atoms with E-state index in [-0.39, 0.29) is 12.3 Å². The second-order valence-corrected chi connectivity index (χ2v) is 6.50. The fraction of sp³-hybridized carbons (Fsp3) is 0.190. The van der Waals surface area contributed by atoms with Crippen LogP contribution < -0.4 is 5.32 Å². The van der Waals surface area contributed by atoms with E-state index in [4.69, 9.17) is 0 Å². The molecule has 0 spiro atoms. The number of nitrogens with zero attached hydrogens (tertiary/aromatic N) is 1. The molecule has 0 radical (unpaired) electrons. The highest BCUT2D eigenvalue weighted by molar-refractivity contribution is 5.94. The Labute approximate surface area is 164 Å². The number of benzene rings is 2. The summed E-state index contributed by atoms with van der Waals surface area (Å²) < 4.78 is 52.8. The Morgan fingerprint density at radius 1 is 1.03 bits per heavy atom. The number of nitrogens with one attached hydrogen (secondary N) is 1. The van der Waals surface area contributed by atoms with Crippen LogP contribution >= 0.6 is 0 Å². The second-order valence-electron chi connectivity index (χ2n) is 6.50. The number of carbonyl (C=O) groups is 1. The molecule has 1 atom stereocenters. The van der Waals surface area contributed by atoms with Crippen molar-refractivity contribution in [1.29, 1.82) is 0 Å². The number of aliphatic hydroxyl groups excluding tert-OH is 1. The van der Waals surface area contributed by atoms with E-state index in [1.165, 1.54) is 36.4 Å². The van der Waals surface area contributed by atoms with E-state index in [9.17, 15) is 27.5 Å². The number of hydrogen-bond acceptors (Lipinski definition) is 2. The summed E-state index contributed by atoms with van der Waals surface area (Å²) in [6.45, 7) is -0.381. The molecule has 0 bridgehead atoms. The van der Waals surface area contributed by atoms with Crippen LogP contribution in [-0.4, -0.2) is 22.2 Å². The van der Waals surface area contributed by atoms with Gasteiger partial charge in [0.15, 0.2) is 0 Å². The van der Waals surface area contributed by atoms with E-state index in [0.717, 1.165) is 12.1 Å². The van der Waals surface area contributed by atoms with Gasteiger partial charge < -0.3 is 15.0 Å². The molecular formula is C21H18F4N2O2. The van der Waals surface area contributed by atoms with Gasteiger partial charge in [-0.2, -0.15) is 13.2 Å². The molecule has 8 heteroatoms. The molecular weight excluding hydrogens is 388 g/mol. The van der Waals surface area contributed by atoms with Gasteiger partial charge in [-0.3, -0.25) is 4.79 Å². The molecule has 1 heterocycles.